The van der Waals surface area contributed by atoms with Crippen molar-refractivity contribution in [2.75, 3.05) is 38.8 Å². The third-order valence-electron chi connectivity index (χ3n) is 2.79. The molecule has 0 atom stereocenters. The van der Waals surface area contributed by atoms with Gasteiger partial charge in [0.25, 0.3) is 0 Å². The number of benzene rings is 1. The van der Waals surface area contributed by atoms with Gasteiger partial charge in [-0.15, -0.1) is 0 Å². The smallest absolute Gasteiger partial charge is 0.191 e. The summed E-state index contributed by atoms with van der Waals surface area (Å²) in [5.41, 5.74) is 1.21. The van der Waals surface area contributed by atoms with E-state index in [9.17, 15) is 0 Å². The Hall–Kier alpha value is -1.36. The summed E-state index contributed by atoms with van der Waals surface area (Å²) in [7, 11) is 1.71. The Labute approximate surface area is 126 Å². The van der Waals surface area contributed by atoms with Gasteiger partial charge in [-0.2, -0.15) is 11.8 Å². The Morgan fingerprint density at radius 3 is 2.80 bits per heavy atom. The summed E-state index contributed by atoms with van der Waals surface area (Å²) in [5, 5.41) is 6.61. The van der Waals surface area contributed by atoms with Crippen LogP contribution in [0.1, 0.15) is 12.5 Å². The van der Waals surface area contributed by atoms with Gasteiger partial charge in [0, 0.05) is 18.8 Å². The molecule has 0 heterocycles. The largest absolute Gasteiger partial charge is 0.496 e. The number of methoxy groups -OCH3 is 1. The normalized spacial score (nSPS) is 11.2. The molecule has 0 bridgehead atoms. The first kappa shape index (κ1) is 16.7. The average molecular weight is 295 g/mol. The summed E-state index contributed by atoms with van der Waals surface area (Å²) in [5.74, 6) is 2.87. The number of hydrogen-bond acceptors (Lipinski definition) is 3. The average Bonchev–Trinajstić information content (AvgIpc) is 2.48. The van der Waals surface area contributed by atoms with Crippen LogP contribution >= 0.6 is 11.8 Å². The topological polar surface area (TPSA) is 45.7 Å². The van der Waals surface area contributed by atoms with Gasteiger partial charge in [-0.05, 0) is 31.2 Å². The molecule has 0 fully saturated rings. The maximum absolute atomic E-state index is 5.35. The van der Waals surface area contributed by atoms with Crippen molar-refractivity contribution >= 4 is 17.7 Å². The van der Waals surface area contributed by atoms with Crippen molar-refractivity contribution in [1.29, 1.82) is 0 Å². The maximum atomic E-state index is 5.35. The molecule has 4 nitrogen and oxygen atoms in total. The number of nitrogens with one attached hydrogen (secondary N) is 2. The summed E-state index contributed by atoms with van der Waals surface area (Å²) < 4.78 is 5.35. The van der Waals surface area contributed by atoms with E-state index in [4.69, 9.17) is 4.74 Å². The van der Waals surface area contributed by atoms with Gasteiger partial charge < -0.3 is 15.4 Å². The van der Waals surface area contributed by atoms with E-state index in [2.05, 4.69) is 34.9 Å². The lowest BCUT2D eigenvalue weighted by molar-refractivity contribution is 0.409. The van der Waals surface area contributed by atoms with E-state index in [0.29, 0.717) is 0 Å². The van der Waals surface area contributed by atoms with Crippen LogP contribution in [0.5, 0.6) is 5.75 Å². The molecule has 20 heavy (non-hydrogen) atoms. The molecule has 0 spiro atoms. The van der Waals surface area contributed by atoms with Crippen molar-refractivity contribution in [2.45, 2.75) is 13.3 Å². The Balaban J connectivity index is 2.45. The number of aliphatic imine (C=N–C) groups is 1. The first-order valence-corrected chi connectivity index (χ1v) is 8.34. The molecule has 0 aliphatic heterocycles. The Kier molecular flexibility index (Phi) is 8.71. The van der Waals surface area contributed by atoms with Crippen LogP contribution in [0.4, 0.5) is 0 Å². The molecule has 0 unspecified atom stereocenters. The Morgan fingerprint density at radius 1 is 1.30 bits per heavy atom. The molecule has 0 amide bonds. The summed E-state index contributed by atoms with van der Waals surface area (Å²) in [6.07, 6.45) is 3.01. The zero-order valence-corrected chi connectivity index (χ0v) is 13.4. The fraction of sp³-hybridized carbons (Fsp3) is 0.533. The lowest BCUT2D eigenvalue weighted by Crippen LogP contribution is -2.38. The molecule has 1 rings (SSSR count). The zero-order chi connectivity index (χ0) is 14.6. The molecule has 0 saturated heterocycles. The lowest BCUT2D eigenvalue weighted by atomic mass is 10.1. The van der Waals surface area contributed by atoms with E-state index in [1.807, 2.05) is 30.0 Å². The summed E-state index contributed by atoms with van der Waals surface area (Å²) >= 11 is 1.81. The van der Waals surface area contributed by atoms with E-state index >= 15 is 0 Å². The molecule has 0 aliphatic carbocycles. The van der Waals surface area contributed by atoms with Crippen molar-refractivity contribution in [3.8, 4) is 5.75 Å². The Bertz CT molecular complexity index is 410. The summed E-state index contributed by atoms with van der Waals surface area (Å²) in [6, 6.07) is 8.12. The van der Waals surface area contributed by atoms with Gasteiger partial charge in [-0.1, -0.05) is 18.2 Å². The second-order valence-corrected chi connectivity index (χ2v) is 5.23. The number of para-hydroxylation sites is 1. The predicted octanol–water partition coefficient (Wildman–Crippen LogP) is 2.16. The van der Waals surface area contributed by atoms with Gasteiger partial charge in [0.05, 0.1) is 13.7 Å². The van der Waals surface area contributed by atoms with Gasteiger partial charge in [0.1, 0.15) is 5.75 Å². The van der Waals surface area contributed by atoms with Crippen LogP contribution in [-0.2, 0) is 6.42 Å². The molecule has 1 aromatic carbocycles. The third-order valence-corrected chi connectivity index (χ3v) is 3.38. The van der Waals surface area contributed by atoms with Crippen LogP contribution < -0.4 is 15.4 Å². The van der Waals surface area contributed by atoms with E-state index in [1.54, 1.807) is 7.11 Å². The fourth-order valence-corrected chi connectivity index (χ4v) is 2.09. The van der Waals surface area contributed by atoms with Gasteiger partial charge in [-0.25, -0.2) is 0 Å². The number of thioether (sulfide) groups is 1. The second kappa shape index (κ2) is 10.4. The number of rotatable bonds is 8. The van der Waals surface area contributed by atoms with Crippen LogP contribution in [0.15, 0.2) is 29.3 Å². The third kappa shape index (κ3) is 6.19. The van der Waals surface area contributed by atoms with Gasteiger partial charge >= 0.3 is 0 Å². The van der Waals surface area contributed by atoms with E-state index in [0.717, 1.165) is 43.5 Å². The number of guanidine groups is 1. The quantitative estimate of drug-likeness (QED) is 0.438. The van der Waals surface area contributed by atoms with Crippen LogP contribution in [0.3, 0.4) is 0 Å². The van der Waals surface area contributed by atoms with E-state index < -0.39 is 0 Å². The molecule has 0 saturated carbocycles. The minimum atomic E-state index is 0.838. The molecule has 0 aromatic heterocycles. The predicted molar refractivity (Wildman–Crippen MR) is 89.1 cm³/mol. The molecule has 5 heteroatoms. The first-order valence-electron chi connectivity index (χ1n) is 6.94. The monoisotopic (exact) mass is 295 g/mol. The molecular formula is C15H25N3OS. The van der Waals surface area contributed by atoms with Crippen molar-refractivity contribution in [1.82, 2.24) is 10.6 Å². The lowest BCUT2D eigenvalue weighted by Gasteiger charge is -2.12. The van der Waals surface area contributed by atoms with Crippen LogP contribution in [-0.4, -0.2) is 44.7 Å². The Morgan fingerprint density at radius 2 is 2.10 bits per heavy atom. The zero-order valence-electron chi connectivity index (χ0n) is 12.6. The van der Waals surface area contributed by atoms with Crippen molar-refractivity contribution in [3.63, 3.8) is 0 Å². The summed E-state index contributed by atoms with van der Waals surface area (Å²) in [6.45, 7) is 4.63. The minimum Gasteiger partial charge on any atom is -0.496 e. The van der Waals surface area contributed by atoms with Crippen LogP contribution in [0.2, 0.25) is 0 Å². The van der Waals surface area contributed by atoms with Crippen molar-refractivity contribution in [2.24, 2.45) is 4.99 Å². The van der Waals surface area contributed by atoms with Crippen molar-refractivity contribution < 1.29 is 4.74 Å². The highest BCUT2D eigenvalue weighted by Gasteiger charge is 2.02. The molecule has 0 radical (unpaired) electrons. The SMILES string of the molecule is CCNC(=NCCSC)NCCc1ccccc1OC. The van der Waals surface area contributed by atoms with Gasteiger partial charge in [-0.3, -0.25) is 4.99 Å². The van der Waals surface area contributed by atoms with Gasteiger partial charge in [0.15, 0.2) is 5.96 Å². The van der Waals surface area contributed by atoms with E-state index in [1.165, 1.54) is 5.56 Å². The van der Waals surface area contributed by atoms with Crippen molar-refractivity contribution in [3.05, 3.63) is 29.8 Å². The maximum Gasteiger partial charge on any atom is 0.191 e. The highest BCUT2D eigenvalue weighted by Crippen LogP contribution is 2.17. The highest BCUT2D eigenvalue weighted by atomic mass is 32.2. The molecule has 0 aliphatic rings. The van der Waals surface area contributed by atoms with E-state index in [-0.39, 0.29) is 0 Å². The molecular weight excluding hydrogens is 270 g/mol. The molecule has 1 aromatic rings. The minimum absolute atomic E-state index is 0.838. The van der Waals surface area contributed by atoms with Crippen LogP contribution in [0, 0.1) is 0 Å². The highest BCUT2D eigenvalue weighted by molar-refractivity contribution is 7.98. The second-order valence-electron chi connectivity index (χ2n) is 4.24. The first-order chi connectivity index (χ1) is 9.81. The standard InChI is InChI=1S/C15H25N3OS/c1-4-16-15(18-11-12-20-3)17-10-9-13-7-5-6-8-14(13)19-2/h5-8H,4,9-12H2,1-3H3,(H2,16,17,18). The van der Waals surface area contributed by atoms with Gasteiger partial charge in [0.2, 0.25) is 0 Å². The van der Waals surface area contributed by atoms with Crippen LogP contribution in [0.25, 0.3) is 0 Å². The fourth-order valence-electron chi connectivity index (χ4n) is 1.82. The molecule has 2 N–H and O–H groups in total. The molecule has 112 valence electrons. The number of nitrogens with zero attached hydrogens (tertiary/aromatic N) is 1. The number of ether oxygens (including phenoxy) is 1. The summed E-state index contributed by atoms with van der Waals surface area (Å²) in [4.78, 5) is 4.52. The number of hydrogen-bond donors (Lipinski definition) is 2.